The Morgan fingerprint density at radius 2 is 1.55 bits per heavy atom. The van der Waals surface area contributed by atoms with Crippen molar-refractivity contribution in [2.45, 2.75) is 32.7 Å². The minimum atomic E-state index is 0.0235. The van der Waals surface area contributed by atoms with Gasteiger partial charge in [0, 0.05) is 24.2 Å². The fourth-order valence-corrected chi connectivity index (χ4v) is 2.39. The van der Waals surface area contributed by atoms with E-state index in [1.54, 1.807) is 4.90 Å². The molecular formula is C19H22ClNO. The number of hydrogen-bond acceptors (Lipinski definition) is 1. The van der Waals surface area contributed by atoms with Gasteiger partial charge in [0.15, 0.2) is 0 Å². The van der Waals surface area contributed by atoms with Gasteiger partial charge in [-0.25, -0.2) is 0 Å². The van der Waals surface area contributed by atoms with E-state index in [0.29, 0.717) is 17.1 Å². The molecule has 0 unspecified atom stereocenters. The first-order chi connectivity index (χ1) is 10.3. The fourth-order valence-electron chi connectivity index (χ4n) is 2.27. The number of amides is 1. The van der Waals surface area contributed by atoms with E-state index in [-0.39, 0.29) is 11.3 Å². The van der Waals surface area contributed by atoms with Crippen LogP contribution < -0.4 is 0 Å². The van der Waals surface area contributed by atoms with E-state index >= 15 is 0 Å². The van der Waals surface area contributed by atoms with Crippen molar-refractivity contribution in [3.63, 3.8) is 0 Å². The van der Waals surface area contributed by atoms with Crippen LogP contribution in [0.3, 0.4) is 0 Å². The van der Waals surface area contributed by atoms with Crippen LogP contribution in [0.4, 0.5) is 0 Å². The summed E-state index contributed by atoms with van der Waals surface area (Å²) in [6.07, 6.45) is 0. The standard InChI is InChI=1S/C19H22ClNO/c1-19(2,3)16-9-7-15(8-10-16)18(22)21(4)13-14-5-11-17(20)12-6-14/h5-12H,13H2,1-4H3. The Hall–Kier alpha value is -1.80. The zero-order valence-corrected chi connectivity index (χ0v) is 14.3. The van der Waals surface area contributed by atoms with Crippen LogP contribution in [0.25, 0.3) is 0 Å². The van der Waals surface area contributed by atoms with Gasteiger partial charge in [0.2, 0.25) is 0 Å². The first-order valence-corrected chi connectivity index (χ1v) is 7.75. The maximum Gasteiger partial charge on any atom is 0.253 e. The number of nitrogens with zero attached hydrogens (tertiary/aromatic N) is 1. The molecule has 0 aliphatic rings. The second-order valence-electron chi connectivity index (χ2n) is 6.62. The van der Waals surface area contributed by atoms with Gasteiger partial charge in [-0.2, -0.15) is 0 Å². The van der Waals surface area contributed by atoms with Crippen molar-refractivity contribution in [3.8, 4) is 0 Å². The molecule has 0 saturated carbocycles. The number of rotatable bonds is 3. The Labute approximate surface area is 137 Å². The largest absolute Gasteiger partial charge is 0.337 e. The minimum Gasteiger partial charge on any atom is -0.337 e. The highest BCUT2D eigenvalue weighted by Crippen LogP contribution is 2.22. The van der Waals surface area contributed by atoms with Crippen LogP contribution >= 0.6 is 11.6 Å². The molecular weight excluding hydrogens is 294 g/mol. The fraction of sp³-hybridized carbons (Fsp3) is 0.316. The highest BCUT2D eigenvalue weighted by molar-refractivity contribution is 6.30. The van der Waals surface area contributed by atoms with Gasteiger partial charge < -0.3 is 4.90 Å². The molecule has 0 bridgehead atoms. The van der Waals surface area contributed by atoms with Crippen molar-refractivity contribution in [3.05, 3.63) is 70.2 Å². The SMILES string of the molecule is CN(Cc1ccc(Cl)cc1)C(=O)c1ccc(C(C)(C)C)cc1. The highest BCUT2D eigenvalue weighted by atomic mass is 35.5. The summed E-state index contributed by atoms with van der Waals surface area (Å²) >= 11 is 5.88. The van der Waals surface area contributed by atoms with Gasteiger partial charge >= 0.3 is 0 Å². The predicted molar refractivity (Wildman–Crippen MR) is 92.4 cm³/mol. The van der Waals surface area contributed by atoms with E-state index < -0.39 is 0 Å². The molecule has 116 valence electrons. The molecule has 0 atom stereocenters. The quantitative estimate of drug-likeness (QED) is 0.788. The van der Waals surface area contributed by atoms with Crippen molar-refractivity contribution in [2.24, 2.45) is 0 Å². The third-order valence-corrected chi connectivity index (χ3v) is 3.93. The maximum atomic E-state index is 12.5. The molecule has 0 aliphatic heterocycles. The molecule has 0 radical (unpaired) electrons. The Bertz CT molecular complexity index is 639. The molecule has 0 heterocycles. The number of benzene rings is 2. The van der Waals surface area contributed by atoms with Crippen LogP contribution in [0.1, 0.15) is 42.3 Å². The van der Waals surface area contributed by atoms with Crippen molar-refractivity contribution >= 4 is 17.5 Å². The number of carbonyl (C=O) groups is 1. The molecule has 0 N–H and O–H groups in total. The van der Waals surface area contributed by atoms with E-state index in [9.17, 15) is 4.79 Å². The lowest BCUT2D eigenvalue weighted by molar-refractivity contribution is 0.0785. The maximum absolute atomic E-state index is 12.5. The topological polar surface area (TPSA) is 20.3 Å². The second-order valence-corrected chi connectivity index (χ2v) is 7.05. The van der Waals surface area contributed by atoms with E-state index in [4.69, 9.17) is 11.6 Å². The molecule has 2 aromatic carbocycles. The average molecular weight is 316 g/mol. The van der Waals surface area contributed by atoms with Crippen LogP contribution in [0.15, 0.2) is 48.5 Å². The molecule has 2 aromatic rings. The molecule has 0 spiro atoms. The Kier molecular flexibility index (Phi) is 4.92. The van der Waals surface area contributed by atoms with Gasteiger partial charge in [0.1, 0.15) is 0 Å². The smallest absolute Gasteiger partial charge is 0.253 e. The van der Waals surface area contributed by atoms with Crippen molar-refractivity contribution in [1.29, 1.82) is 0 Å². The van der Waals surface area contributed by atoms with Crippen LogP contribution in [0, 0.1) is 0 Å². The number of hydrogen-bond donors (Lipinski definition) is 0. The zero-order chi connectivity index (χ0) is 16.3. The normalized spacial score (nSPS) is 11.3. The van der Waals surface area contributed by atoms with E-state index in [1.807, 2.05) is 55.6 Å². The molecule has 3 heteroatoms. The average Bonchev–Trinajstić information content (AvgIpc) is 2.48. The molecule has 1 amide bonds. The summed E-state index contributed by atoms with van der Waals surface area (Å²) in [6, 6.07) is 15.4. The van der Waals surface area contributed by atoms with E-state index in [0.717, 1.165) is 5.56 Å². The van der Waals surface area contributed by atoms with Crippen molar-refractivity contribution < 1.29 is 4.79 Å². The summed E-state index contributed by atoms with van der Waals surface area (Å²) in [5.41, 5.74) is 3.09. The molecule has 0 fully saturated rings. The first-order valence-electron chi connectivity index (χ1n) is 7.38. The lowest BCUT2D eigenvalue weighted by atomic mass is 9.86. The molecule has 2 rings (SSSR count). The zero-order valence-electron chi connectivity index (χ0n) is 13.6. The van der Waals surface area contributed by atoms with E-state index in [1.165, 1.54) is 5.56 Å². The third kappa shape index (κ3) is 4.11. The van der Waals surface area contributed by atoms with Crippen LogP contribution in [-0.4, -0.2) is 17.9 Å². The van der Waals surface area contributed by atoms with Gasteiger partial charge in [-0.1, -0.05) is 56.6 Å². The van der Waals surface area contributed by atoms with Gasteiger partial charge in [-0.3, -0.25) is 4.79 Å². The van der Waals surface area contributed by atoms with Crippen molar-refractivity contribution in [2.75, 3.05) is 7.05 Å². The lowest BCUT2D eigenvalue weighted by Gasteiger charge is -2.21. The summed E-state index contributed by atoms with van der Waals surface area (Å²) in [5.74, 6) is 0.0235. The number of carbonyl (C=O) groups excluding carboxylic acids is 1. The number of halogens is 1. The summed E-state index contributed by atoms with van der Waals surface area (Å²) in [5, 5.41) is 0.704. The molecule has 0 aliphatic carbocycles. The van der Waals surface area contributed by atoms with Crippen LogP contribution in [0.2, 0.25) is 5.02 Å². The summed E-state index contributed by atoms with van der Waals surface area (Å²) < 4.78 is 0. The van der Waals surface area contributed by atoms with Gasteiger partial charge in [0.25, 0.3) is 5.91 Å². The van der Waals surface area contributed by atoms with Gasteiger partial charge in [-0.05, 0) is 40.8 Å². The second kappa shape index (κ2) is 6.53. The lowest BCUT2D eigenvalue weighted by Crippen LogP contribution is -2.26. The highest BCUT2D eigenvalue weighted by Gasteiger charge is 2.16. The van der Waals surface area contributed by atoms with Crippen molar-refractivity contribution in [1.82, 2.24) is 4.90 Å². The molecule has 0 aromatic heterocycles. The Morgan fingerprint density at radius 1 is 1.00 bits per heavy atom. The third-order valence-electron chi connectivity index (χ3n) is 3.68. The molecule has 22 heavy (non-hydrogen) atoms. The molecule has 0 saturated heterocycles. The Morgan fingerprint density at radius 3 is 2.05 bits per heavy atom. The minimum absolute atomic E-state index is 0.0235. The van der Waals surface area contributed by atoms with Crippen LogP contribution in [0.5, 0.6) is 0 Å². The van der Waals surface area contributed by atoms with Gasteiger partial charge in [0.05, 0.1) is 0 Å². The summed E-state index contributed by atoms with van der Waals surface area (Å²) in [4.78, 5) is 14.2. The van der Waals surface area contributed by atoms with Crippen LogP contribution in [-0.2, 0) is 12.0 Å². The predicted octanol–water partition coefficient (Wildman–Crippen LogP) is 4.91. The summed E-state index contributed by atoms with van der Waals surface area (Å²) in [7, 11) is 1.81. The van der Waals surface area contributed by atoms with E-state index in [2.05, 4.69) is 20.8 Å². The first kappa shape index (κ1) is 16.6. The van der Waals surface area contributed by atoms with Gasteiger partial charge in [-0.15, -0.1) is 0 Å². The Balaban J connectivity index is 2.08. The molecule has 2 nitrogen and oxygen atoms in total. The summed E-state index contributed by atoms with van der Waals surface area (Å²) in [6.45, 7) is 7.06. The monoisotopic (exact) mass is 315 g/mol.